The van der Waals surface area contributed by atoms with Crippen molar-refractivity contribution >= 4 is 51.2 Å². The highest BCUT2D eigenvalue weighted by atomic mass is 127. The standard InChI is InChI=1S/C10H3F15I2O4/c1-29-2(28)3(11,12)8(21,22)30-5(15,6(16,17)18)9(23,24)31-10(25,27)4(13,14)7(19,20)26/h1H3. The Balaban J connectivity index is 6.51. The van der Waals surface area contributed by atoms with E-state index < -0.39 is 95.0 Å². The highest BCUT2D eigenvalue weighted by molar-refractivity contribution is 14.1. The molecule has 0 saturated carbocycles. The zero-order valence-corrected chi connectivity index (χ0v) is 17.9. The largest absolute Gasteiger partial charge is 0.464 e. The van der Waals surface area contributed by atoms with Crippen molar-refractivity contribution in [2.45, 2.75) is 43.9 Å². The molecule has 0 fully saturated rings. The molecular formula is C10H3F15I2O4. The van der Waals surface area contributed by atoms with Gasteiger partial charge in [0.15, 0.2) is 0 Å². The molecule has 0 N–H and O–H groups in total. The third kappa shape index (κ3) is 5.48. The first kappa shape index (κ1) is 30.8. The van der Waals surface area contributed by atoms with E-state index in [1.807, 2.05) is 0 Å². The van der Waals surface area contributed by atoms with Crippen LogP contribution in [0.4, 0.5) is 65.9 Å². The molecule has 0 spiro atoms. The van der Waals surface area contributed by atoms with Crippen molar-refractivity contribution in [3.8, 4) is 0 Å². The summed E-state index contributed by atoms with van der Waals surface area (Å²) >= 11 is -1.39. The van der Waals surface area contributed by atoms with Crippen LogP contribution in [0.25, 0.3) is 0 Å². The van der Waals surface area contributed by atoms with Crippen LogP contribution in [0, 0.1) is 0 Å². The number of carbonyl (C=O) groups is 1. The molecule has 0 aromatic rings. The molecule has 0 heterocycles. The molecule has 0 aromatic carbocycles. The van der Waals surface area contributed by atoms with E-state index in [1.165, 1.54) is 0 Å². The van der Waals surface area contributed by atoms with Crippen LogP contribution in [-0.2, 0) is 19.0 Å². The molecule has 0 rings (SSSR count). The van der Waals surface area contributed by atoms with E-state index in [4.69, 9.17) is 0 Å². The number of carbonyl (C=O) groups excluding carboxylic acids is 1. The fourth-order valence-electron chi connectivity index (χ4n) is 1.23. The first-order valence-electron chi connectivity index (χ1n) is 6.35. The molecular weight excluding hydrogens is 723 g/mol. The lowest BCUT2D eigenvalue weighted by atomic mass is 10.2. The molecule has 0 saturated heterocycles. The summed E-state index contributed by atoms with van der Waals surface area (Å²) in [5.41, 5.74) is 0. The fraction of sp³-hybridized carbons (Fsp3) is 0.900. The Bertz CT molecular complexity index is 674. The van der Waals surface area contributed by atoms with Gasteiger partial charge in [0, 0.05) is 45.2 Å². The van der Waals surface area contributed by atoms with Crippen molar-refractivity contribution in [1.29, 1.82) is 0 Å². The summed E-state index contributed by atoms with van der Waals surface area (Å²) in [4.78, 5) is 10.5. The monoisotopic (exact) mass is 726 g/mol. The van der Waals surface area contributed by atoms with Crippen molar-refractivity contribution in [3.05, 3.63) is 0 Å². The first-order chi connectivity index (χ1) is 13.1. The summed E-state index contributed by atoms with van der Waals surface area (Å²) in [6.07, 6.45) is -22.2. The quantitative estimate of drug-likeness (QED) is 0.127. The van der Waals surface area contributed by atoms with Gasteiger partial charge in [0.1, 0.15) is 0 Å². The van der Waals surface area contributed by atoms with E-state index >= 15 is 0 Å². The summed E-state index contributed by atoms with van der Waals surface area (Å²) in [5, 5.41) is 0. The molecule has 0 radical (unpaired) electrons. The zero-order chi connectivity index (χ0) is 25.7. The Labute approximate surface area is 187 Å². The van der Waals surface area contributed by atoms with Crippen LogP contribution in [0.3, 0.4) is 0 Å². The fourth-order valence-corrected chi connectivity index (χ4v) is 2.70. The Morgan fingerprint density at radius 1 is 0.677 bits per heavy atom. The smallest absolute Gasteiger partial charge is 0.458 e. The number of esters is 1. The van der Waals surface area contributed by atoms with Gasteiger partial charge in [0.05, 0.1) is 7.11 Å². The average molecular weight is 726 g/mol. The molecule has 4 nitrogen and oxygen atoms in total. The third-order valence-electron chi connectivity index (χ3n) is 2.79. The van der Waals surface area contributed by atoms with E-state index in [0.29, 0.717) is 0 Å². The summed E-state index contributed by atoms with van der Waals surface area (Å²) in [6, 6.07) is 0. The lowest BCUT2D eigenvalue weighted by Gasteiger charge is -2.40. The van der Waals surface area contributed by atoms with Crippen molar-refractivity contribution in [2.75, 3.05) is 7.11 Å². The van der Waals surface area contributed by atoms with Crippen molar-refractivity contribution < 1.29 is 84.9 Å². The first-order valence-corrected chi connectivity index (χ1v) is 8.50. The van der Waals surface area contributed by atoms with Crippen molar-refractivity contribution in [1.82, 2.24) is 0 Å². The maximum Gasteiger partial charge on any atom is 0.458 e. The lowest BCUT2D eigenvalue weighted by molar-refractivity contribution is -0.529. The Kier molecular flexibility index (Phi) is 8.48. The van der Waals surface area contributed by atoms with Gasteiger partial charge in [0.2, 0.25) is 0 Å². The SMILES string of the molecule is COC(=O)C(F)(F)C(F)(F)OC(F)(C(F)(F)F)C(F)(F)OC(F)(I)C(F)(F)C(F)(F)I. The average Bonchev–Trinajstić information content (AvgIpc) is 2.49. The van der Waals surface area contributed by atoms with Crippen molar-refractivity contribution in [3.63, 3.8) is 0 Å². The van der Waals surface area contributed by atoms with E-state index in [2.05, 4.69) is 9.47 Å². The van der Waals surface area contributed by atoms with Gasteiger partial charge in [-0.3, -0.25) is 9.47 Å². The number of methoxy groups -OCH3 is 1. The molecule has 0 aliphatic carbocycles. The molecule has 2 unspecified atom stereocenters. The number of halogens is 17. The number of hydrogen-bond acceptors (Lipinski definition) is 4. The molecule has 0 bridgehead atoms. The topological polar surface area (TPSA) is 44.8 Å². The van der Waals surface area contributed by atoms with Crippen LogP contribution in [0.5, 0.6) is 0 Å². The molecule has 0 aromatic heterocycles. The number of alkyl halides is 17. The van der Waals surface area contributed by atoms with Crippen LogP contribution in [0.1, 0.15) is 0 Å². The normalized spacial score (nSPS) is 18.9. The number of rotatable bonds is 9. The van der Waals surface area contributed by atoms with Gasteiger partial charge in [-0.2, -0.15) is 65.9 Å². The van der Waals surface area contributed by atoms with E-state index in [1.54, 1.807) is 4.74 Å². The van der Waals surface area contributed by atoms with Gasteiger partial charge in [0.25, 0.3) is 0 Å². The minimum atomic E-state index is -7.61. The van der Waals surface area contributed by atoms with Gasteiger partial charge >= 0.3 is 49.9 Å². The van der Waals surface area contributed by atoms with E-state index in [0.717, 1.165) is 0 Å². The minimum Gasteiger partial charge on any atom is -0.464 e. The molecule has 31 heavy (non-hydrogen) atoms. The van der Waals surface area contributed by atoms with Gasteiger partial charge < -0.3 is 4.74 Å². The Morgan fingerprint density at radius 2 is 1.06 bits per heavy atom. The second-order valence-corrected chi connectivity index (χ2v) is 7.73. The van der Waals surface area contributed by atoms with Crippen LogP contribution >= 0.6 is 45.2 Å². The third-order valence-corrected chi connectivity index (χ3v) is 4.37. The minimum absolute atomic E-state index is 0.0592. The summed E-state index contributed by atoms with van der Waals surface area (Å²) < 4.78 is 193. The lowest BCUT2D eigenvalue weighted by Crippen LogP contribution is -2.67. The zero-order valence-electron chi connectivity index (χ0n) is 13.6. The Morgan fingerprint density at radius 3 is 1.35 bits per heavy atom. The van der Waals surface area contributed by atoms with Crippen LogP contribution in [0.15, 0.2) is 0 Å². The van der Waals surface area contributed by atoms with Crippen molar-refractivity contribution in [2.24, 2.45) is 0 Å². The second-order valence-electron chi connectivity index (χ2n) is 4.99. The highest BCUT2D eigenvalue weighted by Gasteiger charge is 2.83. The van der Waals surface area contributed by atoms with Crippen LogP contribution < -0.4 is 0 Å². The molecule has 0 aliphatic heterocycles. The molecule has 0 aliphatic rings. The number of hydrogen-bond donors (Lipinski definition) is 0. The molecule has 0 amide bonds. The van der Waals surface area contributed by atoms with Gasteiger partial charge in [-0.05, 0) is 0 Å². The summed E-state index contributed by atoms with van der Waals surface area (Å²) in [6.45, 7) is 0. The van der Waals surface area contributed by atoms with Crippen LogP contribution in [-0.4, -0.2) is 57.0 Å². The summed E-state index contributed by atoms with van der Waals surface area (Å²) in [7, 11) is -0.0592. The maximum absolute atomic E-state index is 13.9. The summed E-state index contributed by atoms with van der Waals surface area (Å²) in [5.74, 6) is -24.2. The van der Waals surface area contributed by atoms with Gasteiger partial charge in [-0.15, -0.1) is 0 Å². The van der Waals surface area contributed by atoms with Gasteiger partial charge in [-0.25, -0.2) is 4.79 Å². The van der Waals surface area contributed by atoms with Gasteiger partial charge in [-0.1, -0.05) is 0 Å². The highest BCUT2D eigenvalue weighted by Crippen LogP contribution is 2.58. The molecule has 2 atom stereocenters. The molecule has 186 valence electrons. The predicted molar refractivity (Wildman–Crippen MR) is 80.7 cm³/mol. The van der Waals surface area contributed by atoms with Crippen LogP contribution in [0.2, 0.25) is 0 Å². The second kappa shape index (κ2) is 8.54. The van der Waals surface area contributed by atoms with E-state index in [9.17, 15) is 70.7 Å². The Hall–Kier alpha value is -0.200. The predicted octanol–water partition coefficient (Wildman–Crippen LogP) is 5.96. The maximum atomic E-state index is 13.9. The number of ether oxygens (including phenoxy) is 3. The molecule has 21 heteroatoms. The van der Waals surface area contributed by atoms with E-state index in [-0.39, 0.29) is 7.11 Å².